The fraction of sp³-hybridized carbons (Fsp3) is 0. The third kappa shape index (κ3) is 1.54. The van der Waals surface area contributed by atoms with Gasteiger partial charge in [-0.25, -0.2) is 0 Å². The molecule has 0 unspecified atom stereocenters. The van der Waals surface area contributed by atoms with E-state index in [1.165, 1.54) is 12.1 Å². The largest absolute Gasteiger partial charge is 0.288 e. The van der Waals surface area contributed by atoms with Crippen molar-refractivity contribution in [3.8, 4) is 0 Å². The standard InChI is InChI=1S/C8H3Cl2NO2.Ni/c9-4-2-1-3-5(6(4)10)8(13)11-7(3)12;/h1-2H,(H,11,12,13);. The van der Waals surface area contributed by atoms with Crippen molar-refractivity contribution < 1.29 is 26.1 Å². The fourth-order valence-corrected chi connectivity index (χ4v) is 1.60. The molecule has 1 aromatic rings. The SMILES string of the molecule is O=C1NC(=O)c2c1ccc(Cl)c2Cl.[Ni]. The summed E-state index contributed by atoms with van der Waals surface area (Å²) in [4.78, 5) is 22.3. The molecular formula is C8H3Cl2NNiO2. The van der Waals surface area contributed by atoms with Gasteiger partial charge in [-0.05, 0) is 12.1 Å². The molecule has 2 rings (SSSR count). The molecule has 1 aliphatic heterocycles. The third-order valence-electron chi connectivity index (χ3n) is 1.79. The Balaban J connectivity index is 0.000000980. The van der Waals surface area contributed by atoms with E-state index in [1.807, 2.05) is 0 Å². The number of hydrogen-bond acceptors (Lipinski definition) is 2. The Kier molecular flexibility index (Phi) is 3.20. The van der Waals surface area contributed by atoms with Crippen molar-refractivity contribution >= 4 is 35.0 Å². The molecule has 14 heavy (non-hydrogen) atoms. The molecule has 0 saturated carbocycles. The minimum atomic E-state index is -0.493. The molecule has 0 saturated heterocycles. The summed E-state index contributed by atoms with van der Waals surface area (Å²) in [6.45, 7) is 0. The fourth-order valence-electron chi connectivity index (χ4n) is 1.19. The van der Waals surface area contributed by atoms with Crippen molar-refractivity contribution in [2.45, 2.75) is 0 Å². The van der Waals surface area contributed by atoms with Crippen LogP contribution in [0.15, 0.2) is 12.1 Å². The number of benzene rings is 1. The molecule has 0 atom stereocenters. The van der Waals surface area contributed by atoms with Gasteiger partial charge in [-0.3, -0.25) is 14.9 Å². The molecule has 0 radical (unpaired) electrons. The molecule has 1 N–H and O–H groups in total. The van der Waals surface area contributed by atoms with Crippen molar-refractivity contribution in [1.82, 2.24) is 5.32 Å². The maximum atomic E-state index is 11.2. The Morgan fingerprint density at radius 2 is 1.71 bits per heavy atom. The van der Waals surface area contributed by atoms with Gasteiger partial charge in [-0.2, -0.15) is 0 Å². The first-order valence-electron chi connectivity index (χ1n) is 3.45. The number of carbonyl (C=O) groups is 2. The summed E-state index contributed by atoms with van der Waals surface area (Å²) in [5.41, 5.74) is 0.443. The monoisotopic (exact) mass is 273 g/mol. The molecule has 1 aliphatic rings. The summed E-state index contributed by atoms with van der Waals surface area (Å²) in [5, 5.41) is 2.53. The molecule has 1 aromatic carbocycles. The molecule has 3 nitrogen and oxygen atoms in total. The van der Waals surface area contributed by atoms with E-state index in [1.54, 1.807) is 0 Å². The van der Waals surface area contributed by atoms with Crippen molar-refractivity contribution in [2.24, 2.45) is 0 Å². The number of amides is 2. The summed E-state index contributed by atoms with van der Waals surface area (Å²) in [6.07, 6.45) is 0. The van der Waals surface area contributed by atoms with Crippen LogP contribution in [-0.2, 0) is 16.5 Å². The Bertz CT molecular complexity index is 434. The first-order valence-corrected chi connectivity index (χ1v) is 4.20. The smallest absolute Gasteiger partial charge is 0.260 e. The maximum Gasteiger partial charge on any atom is 0.260 e. The van der Waals surface area contributed by atoms with Crippen LogP contribution in [0.5, 0.6) is 0 Å². The van der Waals surface area contributed by atoms with Gasteiger partial charge in [0.15, 0.2) is 0 Å². The zero-order valence-electron chi connectivity index (χ0n) is 6.54. The van der Waals surface area contributed by atoms with Crippen LogP contribution in [0, 0.1) is 0 Å². The van der Waals surface area contributed by atoms with Gasteiger partial charge in [0.1, 0.15) is 0 Å². The molecule has 2 amide bonds. The number of imide groups is 1. The van der Waals surface area contributed by atoms with Crippen LogP contribution in [0.25, 0.3) is 0 Å². The Morgan fingerprint density at radius 3 is 2.36 bits per heavy atom. The number of rotatable bonds is 0. The average molecular weight is 275 g/mol. The van der Waals surface area contributed by atoms with Crippen LogP contribution in [-0.4, -0.2) is 11.8 Å². The minimum absolute atomic E-state index is 0. The van der Waals surface area contributed by atoms with E-state index < -0.39 is 11.8 Å². The average Bonchev–Trinajstić information content (AvgIpc) is 2.35. The van der Waals surface area contributed by atoms with E-state index in [4.69, 9.17) is 23.2 Å². The summed E-state index contributed by atoms with van der Waals surface area (Å²) in [5.74, 6) is -0.925. The van der Waals surface area contributed by atoms with E-state index in [0.29, 0.717) is 0 Å². The van der Waals surface area contributed by atoms with Crippen LogP contribution in [0.4, 0.5) is 0 Å². The first kappa shape index (κ1) is 11.5. The van der Waals surface area contributed by atoms with Gasteiger partial charge in [-0.1, -0.05) is 23.2 Å². The Hall–Kier alpha value is -0.566. The second-order valence-electron chi connectivity index (χ2n) is 2.57. The summed E-state index contributed by atoms with van der Waals surface area (Å²) >= 11 is 11.4. The van der Waals surface area contributed by atoms with E-state index >= 15 is 0 Å². The molecule has 0 fully saturated rings. The third-order valence-corrected chi connectivity index (χ3v) is 2.60. The van der Waals surface area contributed by atoms with E-state index in [-0.39, 0.29) is 37.7 Å². The molecule has 1 heterocycles. The summed E-state index contributed by atoms with van der Waals surface area (Å²) in [7, 11) is 0. The number of hydrogen-bond donors (Lipinski definition) is 1. The minimum Gasteiger partial charge on any atom is -0.288 e. The van der Waals surface area contributed by atoms with Gasteiger partial charge in [0.2, 0.25) is 0 Å². The Morgan fingerprint density at radius 1 is 1.07 bits per heavy atom. The molecule has 0 bridgehead atoms. The molecule has 0 aliphatic carbocycles. The van der Waals surface area contributed by atoms with Crippen LogP contribution in [0.3, 0.4) is 0 Å². The molecule has 6 heteroatoms. The normalized spacial score (nSPS) is 13.3. The maximum absolute atomic E-state index is 11.2. The predicted octanol–water partition coefficient (Wildman–Crippen LogP) is 1.87. The van der Waals surface area contributed by atoms with Crippen molar-refractivity contribution in [3.63, 3.8) is 0 Å². The topological polar surface area (TPSA) is 46.2 Å². The zero-order valence-corrected chi connectivity index (χ0v) is 9.04. The Labute approximate surface area is 99.7 Å². The molecule has 76 valence electrons. The first-order chi connectivity index (χ1) is 6.11. The molecular weight excluding hydrogens is 272 g/mol. The van der Waals surface area contributed by atoms with Gasteiger partial charge >= 0.3 is 0 Å². The van der Waals surface area contributed by atoms with Gasteiger partial charge in [0, 0.05) is 16.5 Å². The van der Waals surface area contributed by atoms with E-state index in [0.717, 1.165) is 0 Å². The number of nitrogens with one attached hydrogen (secondary N) is 1. The van der Waals surface area contributed by atoms with E-state index in [2.05, 4.69) is 5.32 Å². The van der Waals surface area contributed by atoms with Crippen LogP contribution in [0.2, 0.25) is 10.0 Å². The van der Waals surface area contributed by atoms with Crippen LogP contribution < -0.4 is 5.32 Å². The number of halogens is 2. The summed E-state index contributed by atoms with van der Waals surface area (Å²) < 4.78 is 0. The second-order valence-corrected chi connectivity index (χ2v) is 3.35. The van der Waals surface area contributed by atoms with Crippen molar-refractivity contribution in [2.75, 3.05) is 0 Å². The second kappa shape index (κ2) is 3.89. The van der Waals surface area contributed by atoms with Crippen LogP contribution in [0.1, 0.15) is 20.7 Å². The van der Waals surface area contributed by atoms with E-state index in [9.17, 15) is 9.59 Å². The number of carbonyl (C=O) groups excluding carboxylic acids is 2. The van der Waals surface area contributed by atoms with Gasteiger partial charge in [-0.15, -0.1) is 0 Å². The molecule has 0 aromatic heterocycles. The van der Waals surface area contributed by atoms with Gasteiger partial charge < -0.3 is 0 Å². The van der Waals surface area contributed by atoms with Gasteiger partial charge in [0.25, 0.3) is 11.8 Å². The van der Waals surface area contributed by atoms with Crippen molar-refractivity contribution in [3.05, 3.63) is 33.3 Å². The van der Waals surface area contributed by atoms with Gasteiger partial charge in [0.05, 0.1) is 21.2 Å². The molecule has 0 spiro atoms. The van der Waals surface area contributed by atoms with Crippen molar-refractivity contribution in [1.29, 1.82) is 0 Å². The number of fused-ring (bicyclic) bond motifs is 1. The summed E-state index contributed by atoms with van der Waals surface area (Å²) in [6, 6.07) is 2.96. The predicted molar refractivity (Wildman–Crippen MR) is 48.3 cm³/mol. The van der Waals surface area contributed by atoms with Crippen LogP contribution >= 0.6 is 23.2 Å². The zero-order chi connectivity index (χ0) is 9.59. The quantitative estimate of drug-likeness (QED) is 0.580.